The van der Waals surface area contributed by atoms with Crippen LogP contribution in [0.5, 0.6) is 11.8 Å². The van der Waals surface area contributed by atoms with Crippen LogP contribution in [0.15, 0.2) is 59.0 Å². The summed E-state index contributed by atoms with van der Waals surface area (Å²) in [5, 5.41) is 31.6. The van der Waals surface area contributed by atoms with Crippen LogP contribution in [0.3, 0.4) is 0 Å². The fraction of sp³-hybridized carbons (Fsp3) is 0.554. The molecule has 11 rings (SSSR count). The molecule has 4 unspecified atom stereocenters. The number of aryl methyl sites for hydroxylation is 1. The van der Waals surface area contributed by atoms with Crippen LogP contribution in [0.2, 0.25) is 0 Å². The van der Waals surface area contributed by atoms with E-state index < -0.39 is 64.7 Å². The van der Waals surface area contributed by atoms with Crippen molar-refractivity contribution in [3.05, 3.63) is 93.5 Å². The predicted octanol–water partition coefficient (Wildman–Crippen LogP) is 9.90. The fourth-order valence-corrected chi connectivity index (χ4v) is 15.4. The number of piperazine rings is 2. The SMILES string of the molecule is C#Cc1c(F)ccc2cc(O)cc(/C(N=C)=C(\F)c3nc(OC4CCN(CCCCCCCCCCC(=O)N5CCN(C(=O)C[C@H](NC(=O)C6C[C@@H](O)CN6C(=O)C(NC(=O)C6(F)CC6)C(C)(C)C)c6ccc(-c7scnc7C)cc6)CC5)CC4)nc(N4CC5CCC(C4)N5)c3C)c12. The van der Waals surface area contributed by atoms with Gasteiger partial charge in [-0.1, -0.05) is 95.5 Å². The molecule has 0 radical (unpaired) electrons. The van der Waals surface area contributed by atoms with E-state index in [-0.39, 0.29) is 102 Å². The topological polar surface area (TPSA) is 238 Å². The molecular weight excluding hydrogens is 1270 g/mol. The third-order valence-electron chi connectivity index (χ3n) is 20.4. The Morgan fingerprint density at radius 2 is 1.52 bits per heavy atom. The van der Waals surface area contributed by atoms with Crippen LogP contribution < -0.4 is 25.6 Å². The summed E-state index contributed by atoms with van der Waals surface area (Å²) in [5.41, 5.74) is 1.58. The van der Waals surface area contributed by atoms with Gasteiger partial charge in [0, 0.05) is 100 Å². The number of fused-ring (bicyclic) bond motifs is 3. The Kier molecular flexibility index (Phi) is 22.6. The van der Waals surface area contributed by atoms with E-state index in [0.717, 1.165) is 113 Å². The van der Waals surface area contributed by atoms with Gasteiger partial charge in [-0.25, -0.2) is 18.2 Å². The Bertz CT molecular complexity index is 3820. The summed E-state index contributed by atoms with van der Waals surface area (Å²) in [6, 6.07) is 10.5. The molecule has 2 aromatic heterocycles. The van der Waals surface area contributed by atoms with Crippen molar-refractivity contribution in [2.24, 2.45) is 10.4 Å². The molecule has 1 saturated carbocycles. The lowest BCUT2D eigenvalue weighted by Crippen LogP contribution is -2.59. The highest BCUT2D eigenvalue weighted by atomic mass is 32.1. The Hall–Kier alpha value is -7.98. The van der Waals surface area contributed by atoms with E-state index in [1.807, 2.05) is 36.1 Å². The van der Waals surface area contributed by atoms with Crippen LogP contribution in [-0.2, 0) is 24.0 Å². The number of terminal acetylenes is 1. The first kappa shape index (κ1) is 71.3. The van der Waals surface area contributed by atoms with Crippen LogP contribution in [0, 0.1) is 37.4 Å². The van der Waals surface area contributed by atoms with Crippen LogP contribution in [0.1, 0.15) is 170 Å². The first-order valence-corrected chi connectivity index (χ1v) is 35.8. The molecule has 24 heteroatoms. The molecule has 6 atom stereocenters. The number of anilines is 1. The molecule has 0 spiro atoms. The average Bonchev–Trinajstić information content (AvgIpc) is 1.67. The van der Waals surface area contributed by atoms with Gasteiger partial charge in [0.15, 0.2) is 11.5 Å². The summed E-state index contributed by atoms with van der Waals surface area (Å²) in [6.07, 6.45) is 16.9. The van der Waals surface area contributed by atoms with Crippen molar-refractivity contribution in [1.29, 1.82) is 0 Å². The van der Waals surface area contributed by atoms with Crippen LogP contribution >= 0.6 is 11.3 Å². The summed E-state index contributed by atoms with van der Waals surface area (Å²) in [7, 11) is 0. The lowest BCUT2D eigenvalue weighted by Gasteiger charge is -2.36. The molecule has 5 amide bonds. The number of hydrogen-bond acceptors (Lipinski definition) is 16. The molecule has 5 aromatic rings. The number of hydrogen-bond donors (Lipinski definition) is 5. The van der Waals surface area contributed by atoms with Crippen molar-refractivity contribution >= 4 is 75.7 Å². The highest BCUT2D eigenvalue weighted by Gasteiger charge is 2.54. The number of aromatic nitrogens is 3. The quantitative estimate of drug-likeness (QED) is 0.0197. The van der Waals surface area contributed by atoms with Crippen molar-refractivity contribution in [3.63, 3.8) is 0 Å². The zero-order valence-corrected chi connectivity index (χ0v) is 57.8. The number of ether oxygens (including phenoxy) is 1. The first-order valence-electron chi connectivity index (χ1n) is 34.9. The number of aliphatic hydroxyl groups is 1. The number of carbonyl (C=O) groups is 5. The number of piperidine rings is 1. The van der Waals surface area contributed by atoms with Crippen LogP contribution in [0.25, 0.3) is 32.7 Å². The molecule has 1 aliphatic carbocycles. The number of benzene rings is 3. The molecular formula is C74H93F3N12O8S. The molecule has 5 aliphatic heterocycles. The second kappa shape index (κ2) is 31.1. The minimum absolute atomic E-state index is 0.0299. The van der Waals surface area contributed by atoms with E-state index in [4.69, 9.17) is 21.1 Å². The maximum atomic E-state index is 17.3. The minimum atomic E-state index is -2.02. The molecule has 20 nitrogen and oxygen atoms in total. The van der Waals surface area contributed by atoms with Gasteiger partial charge in [-0.3, -0.25) is 29.0 Å². The lowest BCUT2D eigenvalue weighted by molar-refractivity contribution is -0.145. The molecule has 3 aromatic carbocycles. The van der Waals surface area contributed by atoms with Gasteiger partial charge in [0.2, 0.25) is 23.6 Å². The number of alkyl halides is 1. The Morgan fingerprint density at radius 3 is 2.14 bits per heavy atom. The van der Waals surface area contributed by atoms with E-state index in [1.54, 1.807) is 38.1 Å². The summed E-state index contributed by atoms with van der Waals surface area (Å²) in [4.78, 5) is 97.7. The molecule has 5 N–H and O–H groups in total. The largest absolute Gasteiger partial charge is 0.508 e. The maximum absolute atomic E-state index is 17.3. The molecule has 5 saturated heterocycles. The van der Waals surface area contributed by atoms with E-state index >= 15 is 8.78 Å². The molecule has 98 heavy (non-hydrogen) atoms. The maximum Gasteiger partial charge on any atom is 0.319 e. The number of amides is 5. The number of thiazole rings is 1. The highest BCUT2D eigenvalue weighted by Crippen LogP contribution is 2.43. The lowest BCUT2D eigenvalue weighted by atomic mass is 9.85. The van der Waals surface area contributed by atoms with Gasteiger partial charge < -0.3 is 55.4 Å². The summed E-state index contributed by atoms with van der Waals surface area (Å²) >= 11 is 1.51. The molecule has 6 fully saturated rings. The normalized spacial score (nSPS) is 21.1. The van der Waals surface area contributed by atoms with Crippen molar-refractivity contribution < 1.29 is 52.1 Å². The number of rotatable bonds is 26. The Labute approximate surface area is 576 Å². The number of likely N-dealkylation sites (tertiary alicyclic amines) is 2. The number of phenolic OH excluding ortho intramolecular Hbond substituents is 1. The Balaban J connectivity index is 0.607. The number of aliphatic imine (C=N–C) groups is 1. The second-order valence-electron chi connectivity index (χ2n) is 28.6. The van der Waals surface area contributed by atoms with Crippen LogP contribution in [-0.4, -0.2) is 189 Å². The first-order chi connectivity index (χ1) is 47.0. The van der Waals surface area contributed by atoms with Gasteiger partial charge >= 0.3 is 6.01 Å². The number of phenols is 1. The number of aliphatic hydroxyl groups excluding tert-OH is 1. The standard InChI is InChI=1S/C74H93F3N12O8S/c1-8-55-57(75)25-22-49-37-52(90)38-56(62(49)55)65(78-7)63(76)64-45(2)68(88-41-50-23-24-51(42-88)80-50)84-72(82-64)97-54-26-31-85(32-27-54)30-16-14-12-10-9-11-13-15-17-60(92)86-33-35-87(36-34-86)61(93)40-58(47-18-20-48(21-19-47)66-46(3)79-44-98-66)81-69(94)59-39-53(91)43-89(59)70(95)67(73(4,5)6)83-71(96)74(77)28-29-74/h1,18-22,25,37-38,44,50-51,53-54,58-59,67,80,90-91H,7,9-17,23-24,26-36,39-43H2,2-6H3,(H,81,94)(H,83,96)/b65-63+/t50?,51?,53-,58+,59?,67?/m1/s1. The summed E-state index contributed by atoms with van der Waals surface area (Å²) in [6.45, 7) is 18.0. The second-order valence-corrected chi connectivity index (χ2v) is 29.5. The number of halogens is 3. The minimum Gasteiger partial charge on any atom is -0.508 e. The molecule has 524 valence electrons. The van der Waals surface area contributed by atoms with Crippen molar-refractivity contribution in [1.82, 2.24) is 50.5 Å². The number of nitrogens with one attached hydrogen (secondary N) is 3. The summed E-state index contributed by atoms with van der Waals surface area (Å²) < 4.78 is 53.9. The van der Waals surface area contributed by atoms with Gasteiger partial charge in [-0.2, -0.15) is 9.97 Å². The van der Waals surface area contributed by atoms with Gasteiger partial charge in [0.05, 0.1) is 40.2 Å². The van der Waals surface area contributed by atoms with Crippen LogP contribution in [0.4, 0.5) is 19.0 Å². The molecule has 7 heterocycles. The van der Waals surface area contributed by atoms with Gasteiger partial charge in [-0.15, -0.1) is 17.8 Å². The van der Waals surface area contributed by atoms with E-state index in [2.05, 4.69) is 48.4 Å². The third-order valence-corrected chi connectivity index (χ3v) is 21.4. The van der Waals surface area contributed by atoms with Crippen molar-refractivity contribution in [3.8, 4) is 34.5 Å². The number of aromatic hydroxyl groups is 1. The molecule has 2 bridgehead atoms. The molecule has 6 aliphatic rings. The summed E-state index contributed by atoms with van der Waals surface area (Å²) in [5.74, 6) is -0.882. The van der Waals surface area contributed by atoms with Gasteiger partial charge in [-0.05, 0) is 119 Å². The third kappa shape index (κ3) is 16.7. The van der Waals surface area contributed by atoms with E-state index in [0.29, 0.717) is 68.0 Å². The monoisotopic (exact) mass is 1370 g/mol. The van der Waals surface area contributed by atoms with E-state index in [1.165, 1.54) is 40.5 Å². The van der Waals surface area contributed by atoms with Crippen molar-refractivity contribution in [2.75, 3.05) is 70.3 Å². The number of unbranched alkanes of at least 4 members (excludes halogenated alkanes) is 7. The van der Waals surface area contributed by atoms with Crippen molar-refractivity contribution in [2.45, 2.75) is 192 Å². The number of β-amino-alcohol motifs (C(OH)–C–C–N with tert-alkyl or cyclic N) is 1. The zero-order valence-electron chi connectivity index (χ0n) is 57.0. The number of nitrogens with zero attached hydrogens (tertiary/aromatic N) is 9. The predicted molar refractivity (Wildman–Crippen MR) is 373 cm³/mol. The zero-order chi connectivity index (χ0) is 69.6. The fourth-order valence-electron chi connectivity index (χ4n) is 14.6. The smallest absolute Gasteiger partial charge is 0.319 e. The number of carbonyl (C=O) groups excluding carboxylic acids is 5. The van der Waals surface area contributed by atoms with E-state index in [9.17, 15) is 38.6 Å². The van der Waals surface area contributed by atoms with Gasteiger partial charge in [0.1, 0.15) is 47.0 Å². The average molecular weight is 1370 g/mol. The highest BCUT2D eigenvalue weighted by molar-refractivity contribution is 7.13. The Morgan fingerprint density at radius 1 is 0.867 bits per heavy atom. The van der Waals surface area contributed by atoms with Gasteiger partial charge in [0.25, 0.3) is 5.91 Å².